The molecule has 0 saturated heterocycles. The van der Waals surface area contributed by atoms with Gasteiger partial charge >= 0.3 is 0 Å². The number of hydrogen-bond donors (Lipinski definition) is 2. The van der Waals surface area contributed by atoms with Crippen LogP contribution in [0.1, 0.15) is 52.1 Å². The molecule has 2 heterocycles. The van der Waals surface area contributed by atoms with Crippen molar-refractivity contribution in [1.82, 2.24) is 10.6 Å². The van der Waals surface area contributed by atoms with Crippen LogP contribution in [0.3, 0.4) is 0 Å². The summed E-state index contributed by atoms with van der Waals surface area (Å²) in [7, 11) is 0. The van der Waals surface area contributed by atoms with Crippen molar-refractivity contribution in [1.29, 1.82) is 0 Å². The fraction of sp³-hybridized carbons (Fsp3) is 0.0606. The molecule has 1 aliphatic carbocycles. The topological polar surface area (TPSA) is 73.5 Å². The zero-order valence-electron chi connectivity index (χ0n) is 39.6. The van der Waals surface area contributed by atoms with Gasteiger partial charge in [0.15, 0.2) is 12.3 Å². The first-order chi connectivity index (χ1) is 35.7. The van der Waals surface area contributed by atoms with Crippen LogP contribution in [0.25, 0.3) is 50.1 Å². The number of rotatable bonds is 11. The molecule has 2 N–H and O–H groups in total. The molecule has 6 nitrogen and oxygen atoms in total. The van der Waals surface area contributed by atoms with Crippen LogP contribution < -0.4 is 10.6 Å². The number of nitrogens with zero attached hydrogens (tertiary/aromatic N) is 4. The summed E-state index contributed by atoms with van der Waals surface area (Å²) in [6.07, 6.45) is 6.58. The molecule has 0 fully saturated rings. The first kappa shape index (κ1) is 44.0. The van der Waals surface area contributed by atoms with Gasteiger partial charge in [0.1, 0.15) is 23.3 Å². The molecule has 2 unspecified atom stereocenters. The first-order valence-electron chi connectivity index (χ1n) is 24.6. The van der Waals surface area contributed by atoms with Crippen LogP contribution in [-0.2, 0) is 0 Å². The lowest BCUT2D eigenvalue weighted by atomic mass is 9.90. The van der Waals surface area contributed by atoms with Crippen molar-refractivity contribution >= 4 is 28.9 Å². The summed E-state index contributed by atoms with van der Waals surface area (Å²) in [6.45, 7) is 0. The molecule has 0 saturated carbocycles. The Hall–Kier alpha value is -9.26. The number of allylic oxidation sites excluding steroid dienone is 3. The summed E-state index contributed by atoms with van der Waals surface area (Å²) in [5.41, 5.74) is 16.1. The lowest BCUT2D eigenvalue weighted by molar-refractivity contribution is 0.721. The van der Waals surface area contributed by atoms with E-state index >= 15 is 0 Å². The SMILES string of the molecule is C1=CC(c2ccccc2)=CC(C2=NC(c3cccc(-c4ccccc4)c3)N=C(c3ccccc3-c3ccccc3C3N=C(c4cccc(-c5ccccc5)c4)NC(c4cccc(-c5ccccc5)c4)=N3)N2)C1. The molecular weight excluding hydrogens is 877 g/mol. The molecule has 2 aliphatic heterocycles. The number of nitrogens with one attached hydrogen (secondary N) is 2. The van der Waals surface area contributed by atoms with Crippen LogP contribution >= 0.6 is 0 Å². The fourth-order valence-corrected chi connectivity index (χ4v) is 9.88. The Balaban J connectivity index is 0.970. The Kier molecular flexibility index (Phi) is 12.2. The monoisotopic (exact) mass is 926 g/mol. The van der Waals surface area contributed by atoms with Crippen molar-refractivity contribution < 1.29 is 0 Å². The van der Waals surface area contributed by atoms with E-state index in [1.165, 1.54) is 11.1 Å². The Labute approximate surface area is 421 Å². The highest BCUT2D eigenvalue weighted by molar-refractivity contribution is 6.17. The third-order valence-electron chi connectivity index (χ3n) is 13.5. The average molecular weight is 927 g/mol. The van der Waals surface area contributed by atoms with Crippen LogP contribution in [0.2, 0.25) is 0 Å². The van der Waals surface area contributed by atoms with Gasteiger partial charge in [-0.3, -0.25) is 0 Å². The zero-order valence-corrected chi connectivity index (χ0v) is 39.6. The molecule has 3 aliphatic rings. The molecule has 0 spiro atoms. The highest BCUT2D eigenvalue weighted by Gasteiger charge is 2.29. The molecule has 2 atom stereocenters. The summed E-state index contributed by atoms with van der Waals surface area (Å²) in [5.74, 6) is 3.15. The minimum atomic E-state index is -0.580. The quantitative estimate of drug-likeness (QED) is 0.136. The predicted molar refractivity (Wildman–Crippen MR) is 298 cm³/mol. The van der Waals surface area contributed by atoms with Crippen molar-refractivity contribution in [3.05, 3.63) is 294 Å². The molecule has 0 aromatic heterocycles. The Morgan fingerprint density at radius 3 is 1.39 bits per heavy atom. The van der Waals surface area contributed by atoms with E-state index in [4.69, 9.17) is 20.0 Å². The van der Waals surface area contributed by atoms with Gasteiger partial charge in [0.2, 0.25) is 0 Å². The number of amidine groups is 4. The fourth-order valence-electron chi connectivity index (χ4n) is 9.88. The smallest absolute Gasteiger partial charge is 0.170 e. The summed E-state index contributed by atoms with van der Waals surface area (Å²) in [6, 6.07) is 84.9. The minimum Gasteiger partial charge on any atom is -0.328 e. The average Bonchev–Trinajstić information content (AvgIpc) is 3.48. The molecule has 6 heteroatoms. The second kappa shape index (κ2) is 20.0. The number of benzene rings is 9. The lowest BCUT2D eigenvalue weighted by Gasteiger charge is -2.28. The molecule has 0 amide bonds. The van der Waals surface area contributed by atoms with Crippen LogP contribution in [0.5, 0.6) is 0 Å². The highest BCUT2D eigenvalue weighted by atomic mass is 15.2. The Bertz CT molecular complexity index is 3510. The standard InChI is InChI=1S/C66H50N6/c1-5-21-45(22-6-1)49-29-17-33-53(41-49)61-67-62(54-34-18-30-50(42-54)46-23-7-2-8-24-46)70-65(69-61)59-39-15-13-37-57(59)58-38-14-16-40-60(58)66-71-63(55-35-19-31-51(43-55)47-25-9-3-10-26-47)68-64(72-66)56-36-20-32-52(44-56)48-27-11-4-12-28-48/h1-35,37-44,56,63,65H,36H2,(H,67,69,70)(H,68,71,72). The van der Waals surface area contributed by atoms with E-state index in [0.717, 1.165) is 102 Å². The van der Waals surface area contributed by atoms with Gasteiger partial charge in [-0.2, -0.15) is 0 Å². The third-order valence-corrected chi connectivity index (χ3v) is 13.5. The van der Waals surface area contributed by atoms with Gasteiger partial charge in [-0.25, -0.2) is 20.0 Å². The maximum atomic E-state index is 5.49. The van der Waals surface area contributed by atoms with Crippen LogP contribution in [0.15, 0.2) is 281 Å². The first-order valence-corrected chi connectivity index (χ1v) is 24.6. The number of hydrogen-bond acceptors (Lipinski definition) is 6. The van der Waals surface area contributed by atoms with Gasteiger partial charge in [0.05, 0.1) is 0 Å². The van der Waals surface area contributed by atoms with Crippen molar-refractivity contribution in [3.63, 3.8) is 0 Å². The van der Waals surface area contributed by atoms with E-state index in [1.807, 2.05) is 12.1 Å². The third kappa shape index (κ3) is 9.29. The second-order valence-electron chi connectivity index (χ2n) is 18.2. The van der Waals surface area contributed by atoms with Crippen molar-refractivity contribution in [3.8, 4) is 44.5 Å². The molecule has 12 rings (SSSR count). The highest BCUT2D eigenvalue weighted by Crippen LogP contribution is 2.38. The number of aliphatic imine (C=N–C) groups is 4. The maximum Gasteiger partial charge on any atom is 0.170 e. The maximum absolute atomic E-state index is 5.49. The van der Waals surface area contributed by atoms with E-state index in [-0.39, 0.29) is 5.92 Å². The molecule has 9 aromatic carbocycles. The molecule has 344 valence electrons. The van der Waals surface area contributed by atoms with E-state index in [2.05, 4.69) is 259 Å². The lowest BCUT2D eigenvalue weighted by Crippen LogP contribution is -2.40. The van der Waals surface area contributed by atoms with Gasteiger partial charge in [0, 0.05) is 28.2 Å². The molecular formula is C66H50N6. The summed E-state index contributed by atoms with van der Waals surface area (Å²) >= 11 is 0. The van der Waals surface area contributed by atoms with Crippen LogP contribution in [0.4, 0.5) is 0 Å². The molecule has 9 aromatic rings. The molecule has 0 bridgehead atoms. The van der Waals surface area contributed by atoms with Crippen LogP contribution in [-0.4, -0.2) is 23.3 Å². The minimum absolute atomic E-state index is 0.00556. The van der Waals surface area contributed by atoms with Crippen molar-refractivity contribution in [2.75, 3.05) is 0 Å². The normalized spacial score (nSPS) is 16.5. The van der Waals surface area contributed by atoms with Gasteiger partial charge in [-0.1, -0.05) is 243 Å². The van der Waals surface area contributed by atoms with Gasteiger partial charge in [-0.05, 0) is 85.8 Å². The Morgan fingerprint density at radius 2 is 0.792 bits per heavy atom. The van der Waals surface area contributed by atoms with E-state index in [0.29, 0.717) is 0 Å². The molecule has 72 heavy (non-hydrogen) atoms. The van der Waals surface area contributed by atoms with E-state index in [1.54, 1.807) is 0 Å². The van der Waals surface area contributed by atoms with Crippen molar-refractivity contribution in [2.24, 2.45) is 25.9 Å². The van der Waals surface area contributed by atoms with E-state index < -0.39 is 12.3 Å². The predicted octanol–water partition coefficient (Wildman–Crippen LogP) is 15.0. The van der Waals surface area contributed by atoms with Crippen molar-refractivity contribution in [2.45, 2.75) is 18.8 Å². The largest absolute Gasteiger partial charge is 0.328 e. The summed E-state index contributed by atoms with van der Waals surface area (Å²) in [5, 5.41) is 7.52. The summed E-state index contributed by atoms with van der Waals surface area (Å²) < 4.78 is 0. The second-order valence-corrected chi connectivity index (χ2v) is 18.2. The summed E-state index contributed by atoms with van der Waals surface area (Å²) in [4.78, 5) is 21.9. The van der Waals surface area contributed by atoms with E-state index in [9.17, 15) is 0 Å². The zero-order chi connectivity index (χ0) is 48.1. The Morgan fingerprint density at radius 1 is 0.333 bits per heavy atom. The van der Waals surface area contributed by atoms with Gasteiger partial charge in [-0.15, -0.1) is 0 Å². The van der Waals surface area contributed by atoms with Gasteiger partial charge < -0.3 is 10.6 Å². The van der Waals surface area contributed by atoms with Crippen LogP contribution in [0, 0.1) is 5.92 Å². The molecule has 0 radical (unpaired) electrons. The van der Waals surface area contributed by atoms with Gasteiger partial charge in [0.25, 0.3) is 0 Å².